The molecule has 0 unspecified atom stereocenters. The van der Waals surface area contributed by atoms with Gasteiger partial charge >= 0.3 is 0 Å². The molecule has 0 amide bonds. The zero-order valence-corrected chi connectivity index (χ0v) is 10.5. The zero-order valence-electron chi connectivity index (χ0n) is 8.96. The van der Waals surface area contributed by atoms with E-state index in [1.54, 1.807) is 12.5 Å². The van der Waals surface area contributed by atoms with Gasteiger partial charge in [0.05, 0.1) is 0 Å². The maximum atomic E-state index is 13.4. The fourth-order valence-corrected chi connectivity index (χ4v) is 2.02. The molecule has 0 aliphatic carbocycles. The lowest BCUT2D eigenvalue weighted by Gasteiger charge is -2.04. The van der Waals surface area contributed by atoms with Crippen LogP contribution in [0.1, 0.15) is 11.1 Å². The highest BCUT2D eigenvalue weighted by atomic mass is 79.9. The van der Waals surface area contributed by atoms with Crippen molar-refractivity contribution in [1.29, 1.82) is 0 Å². The molecule has 0 aliphatic rings. The molecule has 2 aromatic rings. The van der Waals surface area contributed by atoms with Crippen molar-refractivity contribution in [3.8, 4) is 0 Å². The summed E-state index contributed by atoms with van der Waals surface area (Å²) in [7, 11) is 0. The molecule has 0 bridgehead atoms. The van der Waals surface area contributed by atoms with Gasteiger partial charge in [0.15, 0.2) is 11.6 Å². The maximum absolute atomic E-state index is 13.4. The van der Waals surface area contributed by atoms with Crippen molar-refractivity contribution in [2.24, 2.45) is 0 Å². The predicted molar refractivity (Wildman–Crippen MR) is 67.6 cm³/mol. The van der Waals surface area contributed by atoms with Crippen molar-refractivity contribution in [1.82, 2.24) is 0 Å². The Labute approximate surface area is 107 Å². The van der Waals surface area contributed by atoms with E-state index in [-0.39, 0.29) is 0 Å². The lowest BCUT2D eigenvalue weighted by atomic mass is 10.0. The average Bonchev–Trinajstić information content (AvgIpc) is 2.31. The molecule has 2 rings (SSSR count). The fraction of sp³-hybridized carbons (Fsp3) is 0.0714. The largest absolute Gasteiger partial charge is 0.204 e. The first-order valence-electron chi connectivity index (χ1n) is 5.18. The van der Waals surface area contributed by atoms with Gasteiger partial charge in [0.2, 0.25) is 0 Å². The van der Waals surface area contributed by atoms with Crippen molar-refractivity contribution >= 4 is 15.9 Å². The van der Waals surface area contributed by atoms with Gasteiger partial charge in [0.1, 0.15) is 0 Å². The summed E-state index contributed by atoms with van der Waals surface area (Å²) >= 11 is 3.37. The summed E-state index contributed by atoms with van der Waals surface area (Å²) in [5.74, 6) is -1.60. The lowest BCUT2D eigenvalue weighted by Crippen LogP contribution is -1.95. The Bertz CT molecular complexity index is 523. The molecule has 0 aliphatic heterocycles. The zero-order chi connectivity index (χ0) is 12.3. The molecular formula is C14H10BrF2. The van der Waals surface area contributed by atoms with Crippen LogP contribution in [0.15, 0.2) is 46.9 Å². The summed E-state index contributed by atoms with van der Waals surface area (Å²) in [6.07, 6.45) is 2.25. The molecule has 0 N–H and O–H groups in total. The van der Waals surface area contributed by atoms with Gasteiger partial charge in [-0.1, -0.05) is 40.2 Å². The molecule has 1 radical (unpaired) electrons. The summed E-state index contributed by atoms with van der Waals surface area (Å²) < 4.78 is 27.3. The van der Waals surface area contributed by atoms with Crippen molar-refractivity contribution in [3.63, 3.8) is 0 Å². The van der Waals surface area contributed by atoms with Crippen molar-refractivity contribution in [2.45, 2.75) is 6.42 Å². The first-order chi connectivity index (χ1) is 8.16. The summed E-state index contributed by atoms with van der Waals surface area (Å²) in [6, 6.07) is 11.9. The fourth-order valence-electron chi connectivity index (χ4n) is 1.57. The Hall–Kier alpha value is -1.22. The van der Waals surface area contributed by atoms with E-state index >= 15 is 0 Å². The first kappa shape index (κ1) is 12.2. The highest BCUT2D eigenvalue weighted by Gasteiger charge is 2.07. The van der Waals surface area contributed by atoms with Crippen LogP contribution < -0.4 is 0 Å². The van der Waals surface area contributed by atoms with Gasteiger partial charge in [-0.25, -0.2) is 8.78 Å². The van der Waals surface area contributed by atoms with Crippen LogP contribution in [0.3, 0.4) is 0 Å². The van der Waals surface area contributed by atoms with E-state index in [0.29, 0.717) is 12.0 Å². The first-order valence-corrected chi connectivity index (χ1v) is 5.98. The molecule has 0 saturated heterocycles. The predicted octanol–water partition coefficient (Wildman–Crippen LogP) is 4.52. The van der Waals surface area contributed by atoms with Gasteiger partial charge in [-0.15, -0.1) is 0 Å². The Kier molecular flexibility index (Phi) is 3.89. The number of benzene rings is 2. The molecule has 0 spiro atoms. The third-order valence-corrected chi connectivity index (χ3v) is 2.92. The normalized spacial score (nSPS) is 10.5. The Balaban J connectivity index is 2.10. The molecule has 0 nitrogen and oxygen atoms in total. The molecular weight excluding hydrogens is 286 g/mol. The second-order valence-electron chi connectivity index (χ2n) is 3.68. The molecule has 0 heterocycles. The van der Waals surface area contributed by atoms with Gasteiger partial charge < -0.3 is 0 Å². The molecule has 0 saturated carbocycles. The molecule has 2 aromatic carbocycles. The van der Waals surface area contributed by atoms with Crippen LogP contribution in [0, 0.1) is 18.1 Å². The average molecular weight is 296 g/mol. The van der Waals surface area contributed by atoms with E-state index in [4.69, 9.17) is 0 Å². The van der Waals surface area contributed by atoms with Gasteiger partial charge in [0, 0.05) is 4.47 Å². The minimum Gasteiger partial charge on any atom is -0.204 e. The van der Waals surface area contributed by atoms with E-state index in [2.05, 4.69) is 15.9 Å². The second-order valence-corrected chi connectivity index (χ2v) is 4.60. The van der Waals surface area contributed by atoms with Crippen LogP contribution in [-0.2, 0) is 6.42 Å². The monoisotopic (exact) mass is 295 g/mol. The van der Waals surface area contributed by atoms with Gasteiger partial charge in [-0.05, 0) is 42.2 Å². The van der Waals surface area contributed by atoms with E-state index in [1.165, 1.54) is 6.07 Å². The van der Waals surface area contributed by atoms with Crippen LogP contribution in [0.25, 0.3) is 0 Å². The molecule has 0 aromatic heterocycles. The summed E-state index contributed by atoms with van der Waals surface area (Å²) in [4.78, 5) is 0. The quantitative estimate of drug-likeness (QED) is 0.781. The number of hydrogen-bond donors (Lipinski definition) is 0. The van der Waals surface area contributed by atoms with Crippen molar-refractivity contribution in [3.05, 3.63) is 76.1 Å². The number of halogens is 3. The Morgan fingerprint density at radius 1 is 1.06 bits per heavy atom. The van der Waals surface area contributed by atoms with Crippen LogP contribution >= 0.6 is 15.9 Å². The summed E-state index contributed by atoms with van der Waals surface area (Å²) in [5.41, 5.74) is 1.34. The highest BCUT2D eigenvalue weighted by molar-refractivity contribution is 9.10. The minimum atomic E-state index is -0.812. The van der Waals surface area contributed by atoms with Gasteiger partial charge in [0.25, 0.3) is 0 Å². The van der Waals surface area contributed by atoms with Crippen LogP contribution in [0.4, 0.5) is 8.78 Å². The van der Waals surface area contributed by atoms with Crippen molar-refractivity contribution < 1.29 is 8.78 Å². The lowest BCUT2D eigenvalue weighted by molar-refractivity contribution is 0.504. The van der Waals surface area contributed by atoms with Crippen LogP contribution in [0.5, 0.6) is 0 Å². The third-order valence-electron chi connectivity index (χ3n) is 2.43. The third kappa shape index (κ3) is 3.13. The molecule has 0 atom stereocenters. The van der Waals surface area contributed by atoms with E-state index in [1.807, 2.05) is 24.3 Å². The Morgan fingerprint density at radius 3 is 2.59 bits per heavy atom. The Morgan fingerprint density at radius 2 is 1.82 bits per heavy atom. The number of rotatable bonds is 3. The van der Waals surface area contributed by atoms with E-state index in [9.17, 15) is 8.78 Å². The SMILES string of the molecule is Fc1cccc([CH]Cc2cccc(Br)c2)c1F. The molecule has 0 fully saturated rings. The highest BCUT2D eigenvalue weighted by Crippen LogP contribution is 2.17. The molecule has 87 valence electrons. The van der Waals surface area contributed by atoms with Crippen LogP contribution in [0.2, 0.25) is 0 Å². The summed E-state index contributed by atoms with van der Waals surface area (Å²) in [6.45, 7) is 0. The topological polar surface area (TPSA) is 0 Å². The van der Waals surface area contributed by atoms with E-state index in [0.717, 1.165) is 16.1 Å². The smallest absolute Gasteiger partial charge is 0.162 e. The van der Waals surface area contributed by atoms with Gasteiger partial charge in [-0.2, -0.15) is 0 Å². The van der Waals surface area contributed by atoms with E-state index < -0.39 is 11.6 Å². The second kappa shape index (κ2) is 5.41. The minimum absolute atomic E-state index is 0.296. The molecule has 17 heavy (non-hydrogen) atoms. The summed E-state index contributed by atoms with van der Waals surface area (Å²) in [5, 5.41) is 0. The standard InChI is InChI=1S/C14H10BrF2/c15-12-5-1-3-10(9-12)7-8-11-4-2-6-13(16)14(11)17/h1-6,8-9H,7H2. The molecule has 3 heteroatoms. The van der Waals surface area contributed by atoms with Crippen molar-refractivity contribution in [2.75, 3.05) is 0 Å². The maximum Gasteiger partial charge on any atom is 0.162 e. The number of hydrogen-bond acceptors (Lipinski definition) is 0. The van der Waals surface area contributed by atoms with Crippen LogP contribution in [-0.4, -0.2) is 0 Å². The van der Waals surface area contributed by atoms with Gasteiger partial charge in [-0.3, -0.25) is 0 Å².